The number of nitrogens with zero attached hydrogens (tertiary/aromatic N) is 1. The van der Waals surface area contributed by atoms with Gasteiger partial charge in [0.1, 0.15) is 23.0 Å². The first-order valence-corrected chi connectivity index (χ1v) is 5.11. The van der Waals surface area contributed by atoms with Crippen molar-refractivity contribution < 1.29 is 9.15 Å². The first kappa shape index (κ1) is 11.1. The predicted octanol–water partition coefficient (Wildman–Crippen LogP) is 3.04. The van der Waals surface area contributed by atoms with Crippen LogP contribution in [0.25, 0.3) is 0 Å². The largest absolute Gasteiger partial charge is 0.494 e. The second kappa shape index (κ2) is 5.12. The predicted molar refractivity (Wildman–Crippen MR) is 66.8 cm³/mol. The molecule has 0 saturated carbocycles. The number of para-hydroxylation sites is 2. The van der Waals surface area contributed by atoms with Crippen LogP contribution in [0.15, 0.2) is 45.8 Å². The zero-order valence-electron chi connectivity index (χ0n) is 9.38. The highest BCUT2D eigenvalue weighted by atomic mass is 16.5. The van der Waals surface area contributed by atoms with Gasteiger partial charge < -0.3 is 14.6 Å². The lowest BCUT2D eigenvalue weighted by Crippen LogP contribution is -1.83. The van der Waals surface area contributed by atoms with E-state index in [1.54, 1.807) is 25.5 Å². The van der Waals surface area contributed by atoms with Gasteiger partial charge in [0.05, 0.1) is 19.5 Å². The summed E-state index contributed by atoms with van der Waals surface area (Å²) in [6.07, 6.45) is 2.76. The van der Waals surface area contributed by atoms with E-state index in [1.807, 2.05) is 24.3 Å². The monoisotopic (exact) mass is 228 g/mol. The Morgan fingerprint density at radius 1 is 1.18 bits per heavy atom. The van der Waals surface area contributed by atoms with Gasteiger partial charge in [-0.1, -0.05) is 12.1 Å². The Balaban J connectivity index is 2.22. The molecule has 1 aromatic carbocycles. The van der Waals surface area contributed by atoms with Gasteiger partial charge in [0, 0.05) is 0 Å². The van der Waals surface area contributed by atoms with E-state index in [9.17, 15) is 0 Å². The molecule has 0 bridgehead atoms. The smallest absolute Gasteiger partial charge is 0.145 e. The fourth-order valence-corrected chi connectivity index (χ4v) is 1.38. The molecule has 17 heavy (non-hydrogen) atoms. The maximum absolute atomic E-state index is 7.03. The summed E-state index contributed by atoms with van der Waals surface area (Å²) < 4.78 is 10.5. The summed E-state index contributed by atoms with van der Waals surface area (Å²) in [5.41, 5.74) is 0.739. The van der Waals surface area contributed by atoms with Gasteiger partial charge in [-0.05, 0) is 24.3 Å². The van der Waals surface area contributed by atoms with Crippen LogP contribution in [0.5, 0.6) is 5.75 Å². The number of methoxy groups -OCH3 is 1. The van der Waals surface area contributed by atoms with Crippen LogP contribution in [-0.2, 0) is 0 Å². The minimum absolute atomic E-state index is 0.506. The van der Waals surface area contributed by atoms with Gasteiger partial charge in [0.25, 0.3) is 0 Å². The van der Waals surface area contributed by atoms with Crippen molar-refractivity contribution in [3.05, 3.63) is 47.9 Å². The second-order valence-electron chi connectivity index (χ2n) is 3.31. The van der Waals surface area contributed by atoms with E-state index in [1.165, 1.54) is 0 Å². The number of ether oxygens (including phenoxy) is 1. The van der Waals surface area contributed by atoms with E-state index < -0.39 is 0 Å². The van der Waals surface area contributed by atoms with Gasteiger partial charge >= 0.3 is 0 Å². The van der Waals surface area contributed by atoms with Gasteiger partial charge in [-0.25, -0.2) is 4.99 Å². The molecule has 0 atom stereocenters. The second-order valence-corrected chi connectivity index (χ2v) is 3.31. The molecule has 4 heteroatoms. The molecule has 4 nitrogen and oxygen atoms in total. The van der Waals surface area contributed by atoms with Crippen LogP contribution in [0.1, 0.15) is 11.5 Å². The standard InChI is InChI=1S/C13H12N2O2/c1-16-13-5-3-2-4-12(13)15-9-11-7-6-10(8-14)17-11/h2-9,14H,1H3. The van der Waals surface area contributed by atoms with Crippen LogP contribution >= 0.6 is 0 Å². The third-order valence-electron chi connectivity index (χ3n) is 2.21. The molecule has 86 valence electrons. The molecule has 2 aromatic rings. The van der Waals surface area contributed by atoms with E-state index in [2.05, 4.69) is 4.99 Å². The minimum atomic E-state index is 0.506. The molecule has 0 amide bonds. The third kappa shape index (κ3) is 2.60. The zero-order chi connectivity index (χ0) is 12.1. The summed E-state index contributed by atoms with van der Waals surface area (Å²) in [4.78, 5) is 4.28. The van der Waals surface area contributed by atoms with Crippen molar-refractivity contribution in [2.75, 3.05) is 7.11 Å². The Kier molecular flexibility index (Phi) is 3.35. The van der Waals surface area contributed by atoms with Crippen molar-refractivity contribution in [3.63, 3.8) is 0 Å². The molecule has 0 unspecified atom stereocenters. The Morgan fingerprint density at radius 3 is 2.65 bits per heavy atom. The van der Waals surface area contributed by atoms with Gasteiger partial charge in [0.15, 0.2) is 0 Å². The fraction of sp³-hybridized carbons (Fsp3) is 0.0769. The zero-order valence-corrected chi connectivity index (χ0v) is 9.38. The van der Waals surface area contributed by atoms with E-state index in [0.717, 1.165) is 11.9 Å². The van der Waals surface area contributed by atoms with E-state index in [4.69, 9.17) is 14.6 Å². The quantitative estimate of drug-likeness (QED) is 0.817. The van der Waals surface area contributed by atoms with Crippen LogP contribution in [0, 0.1) is 5.41 Å². The van der Waals surface area contributed by atoms with Crippen molar-refractivity contribution in [2.24, 2.45) is 4.99 Å². The third-order valence-corrected chi connectivity index (χ3v) is 2.21. The molecule has 1 heterocycles. The average molecular weight is 228 g/mol. The minimum Gasteiger partial charge on any atom is -0.494 e. The highest BCUT2D eigenvalue weighted by Crippen LogP contribution is 2.26. The van der Waals surface area contributed by atoms with Crippen LogP contribution in [0.4, 0.5) is 5.69 Å². The number of hydrogen-bond acceptors (Lipinski definition) is 4. The number of rotatable bonds is 4. The Labute approximate surface area is 99.1 Å². The molecule has 0 radical (unpaired) electrons. The molecular weight excluding hydrogens is 216 g/mol. The van der Waals surface area contributed by atoms with Crippen LogP contribution in [0.2, 0.25) is 0 Å². The molecule has 0 aliphatic heterocycles. The number of nitrogens with one attached hydrogen (secondary N) is 1. The molecule has 1 N–H and O–H groups in total. The summed E-state index contributed by atoms with van der Waals surface area (Å²) in [5, 5.41) is 7.03. The molecule has 0 fully saturated rings. The highest BCUT2D eigenvalue weighted by molar-refractivity contribution is 5.82. The molecule has 1 aromatic heterocycles. The lowest BCUT2D eigenvalue weighted by atomic mass is 10.3. The first-order chi connectivity index (χ1) is 8.33. The lowest BCUT2D eigenvalue weighted by molar-refractivity contribution is 0.416. The lowest BCUT2D eigenvalue weighted by Gasteiger charge is -2.01. The van der Waals surface area contributed by atoms with E-state index in [0.29, 0.717) is 17.3 Å². The average Bonchev–Trinajstić information content (AvgIpc) is 2.84. The van der Waals surface area contributed by atoms with Crippen molar-refractivity contribution in [1.82, 2.24) is 0 Å². The van der Waals surface area contributed by atoms with E-state index in [-0.39, 0.29) is 0 Å². The molecule has 0 spiro atoms. The Bertz CT molecular complexity index is 544. The summed E-state index contributed by atoms with van der Waals surface area (Å²) in [5.74, 6) is 1.82. The van der Waals surface area contributed by atoms with E-state index >= 15 is 0 Å². The number of furan rings is 1. The topological polar surface area (TPSA) is 58.6 Å². The van der Waals surface area contributed by atoms with Crippen LogP contribution in [0.3, 0.4) is 0 Å². The number of aliphatic imine (C=N–C) groups is 1. The van der Waals surface area contributed by atoms with Crippen LogP contribution < -0.4 is 4.74 Å². The Hall–Kier alpha value is -2.36. The van der Waals surface area contributed by atoms with Crippen LogP contribution in [-0.4, -0.2) is 19.5 Å². The maximum atomic E-state index is 7.03. The maximum Gasteiger partial charge on any atom is 0.145 e. The van der Waals surface area contributed by atoms with Gasteiger partial charge in [-0.3, -0.25) is 0 Å². The van der Waals surface area contributed by atoms with Gasteiger partial charge in [-0.2, -0.15) is 0 Å². The van der Waals surface area contributed by atoms with Crippen molar-refractivity contribution in [2.45, 2.75) is 0 Å². The molecule has 0 aliphatic rings. The molecule has 0 saturated heterocycles. The summed E-state index contributed by atoms with van der Waals surface area (Å²) in [6.45, 7) is 0. The summed E-state index contributed by atoms with van der Waals surface area (Å²) >= 11 is 0. The molecular formula is C13H12N2O2. The summed E-state index contributed by atoms with van der Waals surface area (Å²) in [7, 11) is 1.61. The van der Waals surface area contributed by atoms with Crippen molar-refractivity contribution in [3.8, 4) is 5.75 Å². The fourth-order valence-electron chi connectivity index (χ4n) is 1.38. The molecule has 2 rings (SSSR count). The Morgan fingerprint density at radius 2 is 1.94 bits per heavy atom. The number of hydrogen-bond donors (Lipinski definition) is 1. The highest BCUT2D eigenvalue weighted by Gasteiger charge is 1.99. The number of benzene rings is 1. The SMILES string of the molecule is COc1ccccc1N=Cc1ccc(C=N)o1. The van der Waals surface area contributed by atoms with Gasteiger partial charge in [0.2, 0.25) is 0 Å². The van der Waals surface area contributed by atoms with Crippen molar-refractivity contribution >= 4 is 18.1 Å². The van der Waals surface area contributed by atoms with Gasteiger partial charge in [-0.15, -0.1) is 0 Å². The normalized spacial score (nSPS) is 10.6. The van der Waals surface area contributed by atoms with Crippen molar-refractivity contribution in [1.29, 1.82) is 5.41 Å². The summed E-state index contributed by atoms with van der Waals surface area (Å²) in [6, 6.07) is 11.0. The molecule has 0 aliphatic carbocycles. The first-order valence-electron chi connectivity index (χ1n) is 5.11.